The lowest BCUT2D eigenvalue weighted by Gasteiger charge is -2.32. The summed E-state index contributed by atoms with van der Waals surface area (Å²) in [4.78, 5) is 14.5. The van der Waals surface area contributed by atoms with Crippen LogP contribution in [0.3, 0.4) is 0 Å². The quantitative estimate of drug-likeness (QED) is 0.722. The third kappa shape index (κ3) is 3.99. The number of likely N-dealkylation sites (N-methyl/N-ethyl adjacent to an activating group) is 1. The molecular formula is C21H23FN2O5S. The molecule has 9 heteroatoms. The fourth-order valence-corrected chi connectivity index (χ4v) is 5.47. The van der Waals surface area contributed by atoms with Crippen molar-refractivity contribution in [1.82, 2.24) is 9.21 Å². The van der Waals surface area contributed by atoms with Crippen molar-refractivity contribution in [2.45, 2.75) is 29.9 Å². The van der Waals surface area contributed by atoms with Crippen LogP contribution in [-0.4, -0.2) is 62.4 Å². The van der Waals surface area contributed by atoms with Crippen LogP contribution in [0.25, 0.3) is 0 Å². The molecule has 30 heavy (non-hydrogen) atoms. The van der Waals surface area contributed by atoms with E-state index in [0.29, 0.717) is 30.9 Å². The standard InChI is InChI=1S/C21H23FN2O5S/c1-23(13-16-14-28-19-6-2-3-7-20(19)29-16)21(25)18-5-4-12-24(18)30(26,27)17-10-8-15(22)9-11-17/h2-3,6-11,16,18H,4-5,12-14H2,1H3/t16-,18-/m1/s1. The molecule has 0 aliphatic carbocycles. The number of halogens is 1. The molecule has 2 aliphatic rings. The first-order valence-corrected chi connectivity index (χ1v) is 11.2. The first-order chi connectivity index (χ1) is 14.4. The minimum Gasteiger partial charge on any atom is -0.486 e. The van der Waals surface area contributed by atoms with Gasteiger partial charge in [-0.1, -0.05) is 12.1 Å². The Morgan fingerprint density at radius 1 is 1.17 bits per heavy atom. The van der Waals surface area contributed by atoms with Gasteiger partial charge in [-0.05, 0) is 49.2 Å². The number of nitrogens with zero attached hydrogens (tertiary/aromatic N) is 2. The maximum atomic E-state index is 13.2. The van der Waals surface area contributed by atoms with Crippen LogP contribution < -0.4 is 9.47 Å². The van der Waals surface area contributed by atoms with Crippen molar-refractivity contribution in [3.63, 3.8) is 0 Å². The van der Waals surface area contributed by atoms with E-state index in [1.807, 2.05) is 18.2 Å². The fraction of sp³-hybridized carbons (Fsp3) is 0.381. The maximum absolute atomic E-state index is 13.2. The SMILES string of the molecule is CN(C[C@@H]1COc2ccccc2O1)C(=O)[C@H]1CCCN1S(=O)(=O)c1ccc(F)cc1. The van der Waals surface area contributed by atoms with Gasteiger partial charge in [-0.25, -0.2) is 12.8 Å². The van der Waals surface area contributed by atoms with Gasteiger partial charge < -0.3 is 14.4 Å². The van der Waals surface area contributed by atoms with Gasteiger partial charge in [0.25, 0.3) is 0 Å². The van der Waals surface area contributed by atoms with Gasteiger partial charge in [-0.3, -0.25) is 4.79 Å². The number of hydrogen-bond donors (Lipinski definition) is 0. The third-order valence-electron chi connectivity index (χ3n) is 5.33. The number of sulfonamides is 1. The van der Waals surface area contributed by atoms with Crippen LogP contribution in [0, 0.1) is 5.82 Å². The molecule has 7 nitrogen and oxygen atoms in total. The lowest BCUT2D eigenvalue weighted by molar-refractivity contribution is -0.134. The summed E-state index contributed by atoms with van der Waals surface area (Å²) < 4.78 is 52.0. The van der Waals surface area contributed by atoms with Crippen LogP contribution in [0.5, 0.6) is 11.5 Å². The van der Waals surface area contributed by atoms with Gasteiger partial charge in [-0.2, -0.15) is 4.31 Å². The summed E-state index contributed by atoms with van der Waals surface area (Å²) >= 11 is 0. The average Bonchev–Trinajstić information content (AvgIpc) is 3.24. The van der Waals surface area contributed by atoms with Crippen molar-refractivity contribution < 1.29 is 27.1 Å². The van der Waals surface area contributed by atoms with E-state index < -0.39 is 21.9 Å². The summed E-state index contributed by atoms with van der Waals surface area (Å²) in [6.45, 7) is 0.825. The largest absolute Gasteiger partial charge is 0.486 e. The number of para-hydroxylation sites is 2. The Labute approximate surface area is 175 Å². The maximum Gasteiger partial charge on any atom is 0.243 e. The molecule has 0 aromatic heterocycles. The van der Waals surface area contributed by atoms with Gasteiger partial charge in [0.2, 0.25) is 15.9 Å². The van der Waals surface area contributed by atoms with Gasteiger partial charge >= 0.3 is 0 Å². The molecular weight excluding hydrogens is 411 g/mol. The highest BCUT2D eigenvalue weighted by Gasteiger charge is 2.41. The van der Waals surface area contributed by atoms with Crippen LogP contribution in [0.1, 0.15) is 12.8 Å². The van der Waals surface area contributed by atoms with Crippen LogP contribution in [-0.2, 0) is 14.8 Å². The summed E-state index contributed by atoms with van der Waals surface area (Å²) in [7, 11) is -2.26. The molecule has 0 unspecified atom stereocenters. The Bertz CT molecular complexity index is 1030. The molecule has 2 atom stereocenters. The van der Waals surface area contributed by atoms with E-state index in [4.69, 9.17) is 9.47 Å². The Balaban J connectivity index is 1.45. The molecule has 4 rings (SSSR count). The Kier molecular flexibility index (Phi) is 5.66. The summed E-state index contributed by atoms with van der Waals surface area (Å²) in [5.74, 6) is 0.478. The molecule has 1 amide bonds. The van der Waals surface area contributed by atoms with Crippen molar-refractivity contribution in [2.75, 3.05) is 26.7 Å². The molecule has 0 N–H and O–H groups in total. The Hall–Kier alpha value is -2.65. The molecule has 1 saturated heterocycles. The molecule has 2 aromatic rings. The van der Waals surface area contributed by atoms with Crippen LogP contribution >= 0.6 is 0 Å². The van der Waals surface area contributed by atoms with E-state index in [9.17, 15) is 17.6 Å². The van der Waals surface area contributed by atoms with Crippen molar-refractivity contribution in [2.24, 2.45) is 0 Å². The van der Waals surface area contributed by atoms with Crippen LogP contribution in [0.2, 0.25) is 0 Å². The van der Waals surface area contributed by atoms with E-state index in [1.165, 1.54) is 21.3 Å². The second-order valence-corrected chi connectivity index (χ2v) is 9.33. The molecule has 0 radical (unpaired) electrons. The van der Waals surface area contributed by atoms with Gasteiger partial charge in [-0.15, -0.1) is 0 Å². The smallest absolute Gasteiger partial charge is 0.243 e. The zero-order valence-corrected chi connectivity index (χ0v) is 17.3. The number of amides is 1. The molecule has 2 aromatic carbocycles. The van der Waals surface area contributed by atoms with E-state index in [-0.39, 0.29) is 30.0 Å². The molecule has 0 spiro atoms. The van der Waals surface area contributed by atoms with Crippen LogP contribution in [0.15, 0.2) is 53.4 Å². The van der Waals surface area contributed by atoms with Crippen molar-refractivity contribution in [1.29, 1.82) is 0 Å². The molecule has 2 aliphatic heterocycles. The third-order valence-corrected chi connectivity index (χ3v) is 7.25. The number of fused-ring (bicyclic) bond motifs is 1. The fourth-order valence-electron chi connectivity index (χ4n) is 3.82. The Morgan fingerprint density at radius 3 is 2.60 bits per heavy atom. The van der Waals surface area contributed by atoms with Gasteiger partial charge in [0, 0.05) is 13.6 Å². The van der Waals surface area contributed by atoms with Gasteiger partial charge in [0.05, 0.1) is 11.4 Å². The summed E-state index contributed by atoms with van der Waals surface area (Å²) in [5, 5.41) is 0. The van der Waals surface area contributed by atoms with E-state index in [0.717, 1.165) is 12.1 Å². The minimum absolute atomic E-state index is 0.0214. The number of carbonyl (C=O) groups excluding carboxylic acids is 1. The summed E-state index contributed by atoms with van der Waals surface area (Å²) in [6.07, 6.45) is 0.674. The zero-order chi connectivity index (χ0) is 21.3. The number of rotatable bonds is 5. The molecule has 1 fully saturated rings. The Morgan fingerprint density at radius 2 is 1.87 bits per heavy atom. The highest BCUT2D eigenvalue weighted by molar-refractivity contribution is 7.89. The molecule has 0 saturated carbocycles. The normalized spacial score (nSPS) is 21.4. The van der Waals surface area contributed by atoms with Crippen molar-refractivity contribution >= 4 is 15.9 Å². The second-order valence-electron chi connectivity index (χ2n) is 7.44. The summed E-state index contributed by atoms with van der Waals surface area (Å²) in [5.41, 5.74) is 0. The van der Waals surface area contributed by atoms with E-state index in [2.05, 4.69) is 0 Å². The first-order valence-electron chi connectivity index (χ1n) is 9.77. The van der Waals surface area contributed by atoms with Gasteiger partial charge in [0.1, 0.15) is 18.5 Å². The second kappa shape index (κ2) is 8.23. The zero-order valence-electron chi connectivity index (χ0n) is 16.5. The number of benzene rings is 2. The molecule has 160 valence electrons. The highest BCUT2D eigenvalue weighted by atomic mass is 32.2. The molecule has 0 bridgehead atoms. The van der Waals surface area contributed by atoms with E-state index >= 15 is 0 Å². The summed E-state index contributed by atoms with van der Waals surface area (Å²) in [6, 6.07) is 11.2. The monoisotopic (exact) mass is 434 g/mol. The number of hydrogen-bond acceptors (Lipinski definition) is 5. The lowest BCUT2D eigenvalue weighted by atomic mass is 10.2. The highest BCUT2D eigenvalue weighted by Crippen LogP contribution is 2.31. The predicted molar refractivity (Wildman–Crippen MR) is 107 cm³/mol. The van der Waals surface area contributed by atoms with Crippen LogP contribution in [0.4, 0.5) is 4.39 Å². The number of carbonyl (C=O) groups is 1. The predicted octanol–water partition coefficient (Wildman–Crippen LogP) is 2.28. The van der Waals surface area contributed by atoms with E-state index in [1.54, 1.807) is 13.1 Å². The van der Waals surface area contributed by atoms with Crippen molar-refractivity contribution in [3.05, 3.63) is 54.3 Å². The van der Waals surface area contributed by atoms with Crippen molar-refractivity contribution in [3.8, 4) is 11.5 Å². The first kappa shape index (κ1) is 20.6. The number of ether oxygens (including phenoxy) is 2. The molecule has 2 heterocycles. The average molecular weight is 434 g/mol. The topological polar surface area (TPSA) is 76.2 Å². The minimum atomic E-state index is -3.89. The van der Waals surface area contributed by atoms with Gasteiger partial charge in [0.15, 0.2) is 17.6 Å². The lowest BCUT2D eigenvalue weighted by Crippen LogP contribution is -2.49.